The fraction of sp³-hybridized carbons (Fsp3) is 0.278. The van der Waals surface area contributed by atoms with Crippen molar-refractivity contribution in [1.82, 2.24) is 0 Å². The summed E-state index contributed by atoms with van der Waals surface area (Å²) in [5.41, 5.74) is 1.73. The summed E-state index contributed by atoms with van der Waals surface area (Å²) in [7, 11) is 2.90. The second-order valence-electron chi connectivity index (χ2n) is 4.79. The van der Waals surface area contributed by atoms with Gasteiger partial charge in [-0.1, -0.05) is 30.3 Å². The molecule has 4 nitrogen and oxygen atoms in total. The highest BCUT2D eigenvalue weighted by atomic mass is 16.5. The zero-order valence-corrected chi connectivity index (χ0v) is 12.9. The molecule has 2 rings (SSSR count). The lowest BCUT2D eigenvalue weighted by atomic mass is 10.1. The van der Waals surface area contributed by atoms with E-state index in [1.54, 1.807) is 25.3 Å². The van der Waals surface area contributed by atoms with Crippen molar-refractivity contribution in [2.75, 3.05) is 20.8 Å². The predicted molar refractivity (Wildman–Crippen MR) is 84.6 cm³/mol. The van der Waals surface area contributed by atoms with Crippen molar-refractivity contribution >= 4 is 5.97 Å². The summed E-state index contributed by atoms with van der Waals surface area (Å²) in [4.78, 5) is 11.5. The van der Waals surface area contributed by atoms with Crippen molar-refractivity contribution < 1.29 is 19.0 Å². The SMILES string of the molecule is COC(=O)c1ccc(OCCCc2ccccc2)c(OC)c1. The molecule has 0 N–H and O–H groups in total. The Labute approximate surface area is 130 Å². The van der Waals surface area contributed by atoms with Gasteiger partial charge < -0.3 is 14.2 Å². The van der Waals surface area contributed by atoms with E-state index in [2.05, 4.69) is 16.9 Å². The summed E-state index contributed by atoms with van der Waals surface area (Å²) < 4.78 is 15.7. The average Bonchev–Trinajstić information content (AvgIpc) is 2.59. The van der Waals surface area contributed by atoms with Crippen molar-refractivity contribution in [2.24, 2.45) is 0 Å². The number of esters is 1. The third kappa shape index (κ3) is 4.25. The highest BCUT2D eigenvalue weighted by molar-refractivity contribution is 5.90. The second-order valence-corrected chi connectivity index (χ2v) is 4.79. The monoisotopic (exact) mass is 300 g/mol. The molecule has 0 aliphatic heterocycles. The number of carbonyl (C=O) groups excluding carboxylic acids is 1. The van der Waals surface area contributed by atoms with Crippen LogP contribution in [0, 0.1) is 0 Å². The lowest BCUT2D eigenvalue weighted by molar-refractivity contribution is 0.0600. The first-order valence-corrected chi connectivity index (χ1v) is 7.17. The molecule has 2 aromatic carbocycles. The fourth-order valence-corrected chi connectivity index (χ4v) is 2.13. The molecule has 0 amide bonds. The Kier molecular flexibility index (Phi) is 5.83. The first-order valence-electron chi connectivity index (χ1n) is 7.17. The maximum absolute atomic E-state index is 11.5. The highest BCUT2D eigenvalue weighted by Gasteiger charge is 2.11. The average molecular weight is 300 g/mol. The van der Waals surface area contributed by atoms with E-state index in [-0.39, 0.29) is 0 Å². The van der Waals surface area contributed by atoms with Gasteiger partial charge in [0.1, 0.15) is 0 Å². The van der Waals surface area contributed by atoms with Gasteiger partial charge in [-0.3, -0.25) is 0 Å². The quantitative estimate of drug-likeness (QED) is 0.580. The molecular formula is C18H20O4. The zero-order valence-electron chi connectivity index (χ0n) is 12.9. The number of hydrogen-bond donors (Lipinski definition) is 0. The van der Waals surface area contributed by atoms with Crippen LogP contribution >= 0.6 is 0 Å². The van der Waals surface area contributed by atoms with E-state index >= 15 is 0 Å². The standard InChI is InChI=1S/C18H20O4/c1-20-17-13-15(18(19)21-2)10-11-16(17)22-12-6-9-14-7-4-3-5-8-14/h3-5,7-8,10-11,13H,6,9,12H2,1-2H3. The molecule has 0 heterocycles. The van der Waals surface area contributed by atoms with Gasteiger partial charge in [0.15, 0.2) is 11.5 Å². The summed E-state index contributed by atoms with van der Waals surface area (Å²) in [6.07, 6.45) is 1.87. The van der Waals surface area contributed by atoms with Crippen molar-refractivity contribution in [1.29, 1.82) is 0 Å². The summed E-state index contributed by atoms with van der Waals surface area (Å²) in [5, 5.41) is 0. The predicted octanol–water partition coefficient (Wildman–Crippen LogP) is 3.49. The van der Waals surface area contributed by atoms with Gasteiger partial charge in [0.25, 0.3) is 0 Å². The molecule has 0 radical (unpaired) electrons. The van der Waals surface area contributed by atoms with Crippen LogP contribution in [0.3, 0.4) is 0 Å². The van der Waals surface area contributed by atoms with Crippen molar-refractivity contribution in [2.45, 2.75) is 12.8 Å². The summed E-state index contributed by atoms with van der Waals surface area (Å²) in [6, 6.07) is 15.3. The number of ether oxygens (including phenoxy) is 3. The van der Waals surface area contributed by atoms with Gasteiger partial charge >= 0.3 is 5.97 Å². The van der Waals surface area contributed by atoms with Crippen LogP contribution in [0.15, 0.2) is 48.5 Å². The van der Waals surface area contributed by atoms with Crippen molar-refractivity contribution in [3.8, 4) is 11.5 Å². The van der Waals surface area contributed by atoms with Crippen LogP contribution in [0.1, 0.15) is 22.3 Å². The Hall–Kier alpha value is -2.49. The van der Waals surface area contributed by atoms with Gasteiger partial charge in [-0.15, -0.1) is 0 Å². The zero-order chi connectivity index (χ0) is 15.8. The highest BCUT2D eigenvalue weighted by Crippen LogP contribution is 2.28. The van der Waals surface area contributed by atoms with E-state index < -0.39 is 5.97 Å². The number of methoxy groups -OCH3 is 2. The smallest absolute Gasteiger partial charge is 0.337 e. The van der Waals surface area contributed by atoms with Crippen molar-refractivity contribution in [3.05, 3.63) is 59.7 Å². The van der Waals surface area contributed by atoms with E-state index in [1.807, 2.05) is 18.2 Å². The fourth-order valence-electron chi connectivity index (χ4n) is 2.13. The van der Waals surface area contributed by atoms with Crippen LogP contribution in [0.5, 0.6) is 11.5 Å². The van der Waals surface area contributed by atoms with Crippen LogP contribution < -0.4 is 9.47 Å². The second kappa shape index (κ2) is 8.08. The lowest BCUT2D eigenvalue weighted by Crippen LogP contribution is -2.04. The number of rotatable bonds is 7. The molecule has 0 saturated carbocycles. The number of benzene rings is 2. The molecule has 4 heteroatoms. The van der Waals surface area contributed by atoms with Gasteiger partial charge in [-0.25, -0.2) is 4.79 Å². The Balaban J connectivity index is 1.90. The van der Waals surface area contributed by atoms with Crippen LogP contribution in [0.2, 0.25) is 0 Å². The van der Waals surface area contributed by atoms with Crippen LogP contribution in [-0.4, -0.2) is 26.8 Å². The van der Waals surface area contributed by atoms with E-state index in [0.717, 1.165) is 12.8 Å². The van der Waals surface area contributed by atoms with Crippen LogP contribution in [-0.2, 0) is 11.2 Å². The molecule has 0 aliphatic carbocycles. The first kappa shape index (κ1) is 15.9. The molecule has 0 fully saturated rings. The molecule has 0 saturated heterocycles. The van der Waals surface area contributed by atoms with Crippen LogP contribution in [0.4, 0.5) is 0 Å². The number of hydrogen-bond acceptors (Lipinski definition) is 4. The minimum Gasteiger partial charge on any atom is -0.493 e. The molecule has 0 spiro atoms. The van der Waals surface area contributed by atoms with Gasteiger partial charge in [-0.2, -0.15) is 0 Å². The van der Waals surface area contributed by atoms with Gasteiger partial charge in [0.2, 0.25) is 0 Å². The number of carbonyl (C=O) groups is 1. The van der Waals surface area contributed by atoms with Gasteiger partial charge in [0.05, 0.1) is 26.4 Å². The molecule has 0 atom stereocenters. The number of aryl methyl sites for hydroxylation is 1. The van der Waals surface area contributed by atoms with Crippen molar-refractivity contribution in [3.63, 3.8) is 0 Å². The molecule has 0 unspecified atom stereocenters. The molecule has 0 bridgehead atoms. The third-order valence-electron chi connectivity index (χ3n) is 3.29. The van der Waals surface area contributed by atoms with E-state index in [4.69, 9.17) is 9.47 Å². The maximum atomic E-state index is 11.5. The summed E-state index contributed by atoms with van der Waals surface area (Å²) in [5.74, 6) is 0.764. The minimum absolute atomic E-state index is 0.395. The van der Waals surface area contributed by atoms with E-state index in [0.29, 0.717) is 23.7 Å². The van der Waals surface area contributed by atoms with E-state index in [9.17, 15) is 4.79 Å². The molecule has 0 aliphatic rings. The molecule has 0 aromatic heterocycles. The Morgan fingerprint density at radius 1 is 1.00 bits per heavy atom. The summed E-state index contributed by atoms with van der Waals surface area (Å²) >= 11 is 0. The minimum atomic E-state index is -0.395. The van der Waals surface area contributed by atoms with E-state index in [1.165, 1.54) is 12.7 Å². The first-order chi connectivity index (χ1) is 10.7. The normalized spacial score (nSPS) is 10.1. The molecule has 116 valence electrons. The Bertz CT molecular complexity index is 608. The topological polar surface area (TPSA) is 44.8 Å². The van der Waals surface area contributed by atoms with Gasteiger partial charge in [-0.05, 0) is 36.6 Å². The van der Waals surface area contributed by atoms with Gasteiger partial charge in [0, 0.05) is 0 Å². The summed E-state index contributed by atoms with van der Waals surface area (Å²) in [6.45, 7) is 0.586. The molecular weight excluding hydrogens is 280 g/mol. The lowest BCUT2D eigenvalue weighted by Gasteiger charge is -2.11. The molecule has 2 aromatic rings. The largest absolute Gasteiger partial charge is 0.493 e. The maximum Gasteiger partial charge on any atom is 0.337 e. The third-order valence-corrected chi connectivity index (χ3v) is 3.29. The Morgan fingerprint density at radius 2 is 1.77 bits per heavy atom. The Morgan fingerprint density at radius 3 is 2.45 bits per heavy atom. The molecule has 22 heavy (non-hydrogen) atoms. The van der Waals surface area contributed by atoms with Crippen LogP contribution in [0.25, 0.3) is 0 Å².